The zero-order chi connectivity index (χ0) is 14.4. The fraction of sp³-hybridized carbons (Fsp3) is 0.647. The number of halogens is 1. The summed E-state index contributed by atoms with van der Waals surface area (Å²) >= 11 is 8.41. The molecule has 0 bridgehead atoms. The molecule has 0 heterocycles. The first-order chi connectivity index (χ1) is 9.70. The van der Waals surface area contributed by atoms with E-state index in [0.29, 0.717) is 6.04 Å². The third kappa shape index (κ3) is 4.68. The molecule has 0 saturated heterocycles. The standard InChI is InChI=1S/C17H26ClNS/c1-3-10-19-13(2)16-9-8-15(11-17(16)18)20-12-14-6-4-5-7-14/h8-9,11,13-14,19H,3-7,10,12H2,1-2H3. The normalized spacial score (nSPS) is 17.6. The largest absolute Gasteiger partial charge is 0.310 e. The van der Waals surface area contributed by atoms with E-state index >= 15 is 0 Å². The molecule has 1 aromatic rings. The lowest BCUT2D eigenvalue weighted by Gasteiger charge is -2.16. The van der Waals surface area contributed by atoms with E-state index in [1.165, 1.54) is 41.9 Å². The van der Waals surface area contributed by atoms with Gasteiger partial charge in [0.25, 0.3) is 0 Å². The van der Waals surface area contributed by atoms with Crippen molar-refractivity contribution in [2.75, 3.05) is 12.3 Å². The summed E-state index contributed by atoms with van der Waals surface area (Å²) in [4.78, 5) is 1.31. The third-order valence-corrected chi connectivity index (χ3v) is 5.65. The Bertz CT molecular complexity index is 415. The minimum Gasteiger partial charge on any atom is -0.310 e. The van der Waals surface area contributed by atoms with E-state index < -0.39 is 0 Å². The molecule has 1 aliphatic carbocycles. The lowest BCUT2D eigenvalue weighted by molar-refractivity contribution is 0.570. The quantitative estimate of drug-likeness (QED) is 0.650. The molecule has 0 spiro atoms. The number of rotatable bonds is 7. The highest BCUT2D eigenvalue weighted by molar-refractivity contribution is 7.99. The Hall–Kier alpha value is -0.180. The fourth-order valence-corrected chi connectivity index (χ4v) is 4.35. The van der Waals surface area contributed by atoms with Crippen molar-refractivity contribution in [2.45, 2.75) is 56.9 Å². The molecule has 1 aromatic carbocycles. The molecule has 112 valence electrons. The summed E-state index contributed by atoms with van der Waals surface area (Å²) in [7, 11) is 0. The van der Waals surface area contributed by atoms with Crippen LogP contribution in [-0.4, -0.2) is 12.3 Å². The molecule has 0 amide bonds. The number of benzene rings is 1. The molecule has 1 unspecified atom stereocenters. The molecule has 1 N–H and O–H groups in total. The maximum Gasteiger partial charge on any atom is 0.0464 e. The van der Waals surface area contributed by atoms with Crippen molar-refractivity contribution in [2.24, 2.45) is 5.92 Å². The Kier molecular flexibility index (Phi) is 6.73. The molecule has 0 radical (unpaired) electrons. The number of nitrogens with one attached hydrogen (secondary N) is 1. The topological polar surface area (TPSA) is 12.0 Å². The maximum atomic E-state index is 6.45. The second kappa shape index (κ2) is 8.31. The van der Waals surface area contributed by atoms with Gasteiger partial charge >= 0.3 is 0 Å². The molecular formula is C17H26ClNS. The summed E-state index contributed by atoms with van der Waals surface area (Å²) in [6, 6.07) is 6.88. The smallest absolute Gasteiger partial charge is 0.0464 e. The Morgan fingerprint density at radius 3 is 2.75 bits per heavy atom. The molecule has 20 heavy (non-hydrogen) atoms. The highest BCUT2D eigenvalue weighted by Crippen LogP contribution is 2.33. The minimum absolute atomic E-state index is 0.330. The van der Waals surface area contributed by atoms with Crippen LogP contribution in [0.1, 0.15) is 57.6 Å². The summed E-state index contributed by atoms with van der Waals surface area (Å²) in [5.41, 5.74) is 1.21. The second-order valence-corrected chi connectivity index (χ2v) is 7.32. The van der Waals surface area contributed by atoms with Crippen molar-refractivity contribution in [3.8, 4) is 0 Å². The van der Waals surface area contributed by atoms with E-state index in [2.05, 4.69) is 37.4 Å². The van der Waals surface area contributed by atoms with Gasteiger partial charge in [0.1, 0.15) is 0 Å². The van der Waals surface area contributed by atoms with Crippen molar-refractivity contribution in [3.05, 3.63) is 28.8 Å². The maximum absolute atomic E-state index is 6.45. The first-order valence-corrected chi connectivity index (χ1v) is 9.22. The molecule has 1 atom stereocenters. The van der Waals surface area contributed by atoms with Crippen LogP contribution in [0.2, 0.25) is 5.02 Å². The van der Waals surface area contributed by atoms with Crippen molar-refractivity contribution in [1.29, 1.82) is 0 Å². The van der Waals surface area contributed by atoms with E-state index in [1.54, 1.807) is 0 Å². The number of hydrogen-bond acceptors (Lipinski definition) is 2. The summed E-state index contributed by atoms with van der Waals surface area (Å²) < 4.78 is 0. The van der Waals surface area contributed by atoms with Gasteiger partial charge in [0.15, 0.2) is 0 Å². The average molecular weight is 312 g/mol. The van der Waals surface area contributed by atoms with Gasteiger partial charge in [-0.25, -0.2) is 0 Å². The van der Waals surface area contributed by atoms with E-state index in [9.17, 15) is 0 Å². The summed E-state index contributed by atoms with van der Waals surface area (Å²) in [5, 5.41) is 4.39. The molecule has 2 rings (SSSR count). The van der Waals surface area contributed by atoms with Gasteiger partial charge in [-0.3, -0.25) is 0 Å². The lowest BCUT2D eigenvalue weighted by atomic mass is 10.1. The summed E-state index contributed by atoms with van der Waals surface area (Å²) in [5.74, 6) is 2.17. The van der Waals surface area contributed by atoms with Gasteiger partial charge in [0.05, 0.1) is 0 Å². The van der Waals surface area contributed by atoms with Crippen LogP contribution in [0.25, 0.3) is 0 Å². The van der Waals surface area contributed by atoms with Crippen LogP contribution < -0.4 is 5.32 Å². The Balaban J connectivity index is 1.90. The third-order valence-electron chi connectivity index (χ3n) is 4.10. The highest BCUT2D eigenvalue weighted by atomic mass is 35.5. The van der Waals surface area contributed by atoms with Crippen LogP contribution in [-0.2, 0) is 0 Å². The van der Waals surface area contributed by atoms with E-state index in [4.69, 9.17) is 11.6 Å². The molecule has 1 fully saturated rings. The predicted octanol–water partition coefficient (Wildman–Crippen LogP) is 5.68. The molecule has 0 aromatic heterocycles. The fourth-order valence-electron chi connectivity index (χ4n) is 2.81. The van der Waals surface area contributed by atoms with Crippen molar-refractivity contribution in [1.82, 2.24) is 5.32 Å². The van der Waals surface area contributed by atoms with Crippen LogP contribution in [0, 0.1) is 5.92 Å². The molecule has 1 nitrogen and oxygen atoms in total. The minimum atomic E-state index is 0.330. The Labute approximate surface area is 132 Å². The van der Waals surface area contributed by atoms with Gasteiger partial charge in [-0.05, 0) is 56.3 Å². The van der Waals surface area contributed by atoms with Crippen molar-refractivity contribution < 1.29 is 0 Å². The highest BCUT2D eigenvalue weighted by Gasteiger charge is 2.15. The van der Waals surface area contributed by atoms with Gasteiger partial charge < -0.3 is 5.32 Å². The van der Waals surface area contributed by atoms with Crippen LogP contribution in [0.5, 0.6) is 0 Å². The van der Waals surface area contributed by atoms with Crippen LogP contribution >= 0.6 is 23.4 Å². The summed E-state index contributed by atoms with van der Waals surface area (Å²) in [6.07, 6.45) is 6.82. The first kappa shape index (κ1) is 16.2. The molecule has 1 saturated carbocycles. The monoisotopic (exact) mass is 311 g/mol. The van der Waals surface area contributed by atoms with Gasteiger partial charge in [-0.2, -0.15) is 0 Å². The molecule has 1 aliphatic rings. The SMILES string of the molecule is CCCNC(C)c1ccc(SCC2CCCC2)cc1Cl. The Morgan fingerprint density at radius 1 is 1.35 bits per heavy atom. The number of hydrogen-bond donors (Lipinski definition) is 1. The second-order valence-electron chi connectivity index (χ2n) is 5.82. The predicted molar refractivity (Wildman–Crippen MR) is 90.8 cm³/mol. The van der Waals surface area contributed by atoms with Gasteiger partial charge in [-0.1, -0.05) is 37.4 Å². The average Bonchev–Trinajstić information content (AvgIpc) is 2.96. The first-order valence-electron chi connectivity index (χ1n) is 7.86. The van der Waals surface area contributed by atoms with Gasteiger partial charge in [0.2, 0.25) is 0 Å². The van der Waals surface area contributed by atoms with Crippen LogP contribution in [0.15, 0.2) is 23.1 Å². The Morgan fingerprint density at radius 2 is 2.10 bits per heavy atom. The van der Waals surface area contributed by atoms with Crippen molar-refractivity contribution in [3.63, 3.8) is 0 Å². The van der Waals surface area contributed by atoms with Gasteiger partial charge in [0, 0.05) is 21.7 Å². The zero-order valence-corrected chi connectivity index (χ0v) is 14.2. The molecule has 3 heteroatoms. The van der Waals surface area contributed by atoms with Crippen LogP contribution in [0.4, 0.5) is 0 Å². The van der Waals surface area contributed by atoms with Crippen LogP contribution in [0.3, 0.4) is 0 Å². The summed E-state index contributed by atoms with van der Waals surface area (Å²) in [6.45, 7) is 5.40. The van der Waals surface area contributed by atoms with E-state index in [-0.39, 0.29) is 0 Å². The van der Waals surface area contributed by atoms with Crippen molar-refractivity contribution >= 4 is 23.4 Å². The van der Waals surface area contributed by atoms with E-state index in [1.807, 2.05) is 11.8 Å². The van der Waals surface area contributed by atoms with E-state index in [0.717, 1.165) is 23.9 Å². The lowest BCUT2D eigenvalue weighted by Crippen LogP contribution is -2.19. The molecular weight excluding hydrogens is 286 g/mol. The zero-order valence-electron chi connectivity index (χ0n) is 12.6. The van der Waals surface area contributed by atoms with Gasteiger partial charge in [-0.15, -0.1) is 11.8 Å². The molecule has 0 aliphatic heterocycles. The number of thioether (sulfide) groups is 1.